The van der Waals surface area contributed by atoms with Crippen LogP contribution in [0.5, 0.6) is 5.75 Å². The highest BCUT2D eigenvalue weighted by Gasteiger charge is 2.85. The van der Waals surface area contributed by atoms with E-state index in [0.717, 1.165) is 12.1 Å². The molecule has 4 atom stereocenters. The Balaban J connectivity index is 1.38. The average Bonchev–Trinajstić information content (AvgIpc) is 3.25. The number of amides is 3. The van der Waals surface area contributed by atoms with E-state index in [0.29, 0.717) is 28.8 Å². The summed E-state index contributed by atoms with van der Waals surface area (Å²) in [5.41, 5.74) is 0.952. The molecule has 2 unspecified atom stereocenters. The van der Waals surface area contributed by atoms with Crippen molar-refractivity contribution in [3.05, 3.63) is 53.6 Å². The molecule has 6 rings (SSSR count). The first-order chi connectivity index (χ1) is 17.8. The van der Waals surface area contributed by atoms with E-state index in [-0.39, 0.29) is 24.6 Å². The Morgan fingerprint density at radius 1 is 1.26 bits per heavy atom. The van der Waals surface area contributed by atoms with Crippen LogP contribution in [-0.4, -0.2) is 41.1 Å². The van der Waals surface area contributed by atoms with Crippen molar-refractivity contribution < 1.29 is 37.0 Å². The average molecular weight is 528 g/mol. The number of hydrogen-bond acceptors (Lipinski definition) is 7. The van der Waals surface area contributed by atoms with E-state index in [2.05, 4.69) is 5.32 Å². The number of nitrogens with zero attached hydrogens (tertiary/aromatic N) is 2. The molecule has 3 heterocycles. The van der Waals surface area contributed by atoms with E-state index in [1.165, 1.54) is 13.0 Å². The Hall–Kier alpha value is -3.95. The second-order valence-electron chi connectivity index (χ2n) is 10.0. The van der Waals surface area contributed by atoms with Gasteiger partial charge in [-0.05, 0) is 49.4 Å². The van der Waals surface area contributed by atoms with Crippen LogP contribution in [0.3, 0.4) is 0 Å². The molecule has 198 valence electrons. The van der Waals surface area contributed by atoms with Gasteiger partial charge in [-0.3, -0.25) is 14.4 Å². The molecule has 0 aromatic heterocycles. The standard InChI is InChI=1S/C26H23F3N4O5/c1-14(34)32-16-4-7-18(8-5-16)37-10-9-24-13-23(2,38-24)20-21(35)33(22(36)25(20,24)31)17-6-3-15(12-30)19(11-17)26(27,28)29/h3-8,11,20H,9-10,13,31H2,1-2H3,(H,32,34)/t20-,23?,24?,25-/m0/s1. The number of rotatable bonds is 6. The second-order valence-corrected chi connectivity index (χ2v) is 10.0. The van der Waals surface area contributed by atoms with Crippen LogP contribution in [-0.2, 0) is 25.3 Å². The molecule has 4 fully saturated rings. The lowest BCUT2D eigenvalue weighted by molar-refractivity contribution is -0.232. The molecule has 3 amide bonds. The van der Waals surface area contributed by atoms with Crippen LogP contribution >= 0.6 is 0 Å². The molecule has 2 aromatic rings. The van der Waals surface area contributed by atoms with Crippen molar-refractivity contribution in [3.8, 4) is 11.8 Å². The molecule has 38 heavy (non-hydrogen) atoms. The quantitative estimate of drug-likeness (QED) is 0.550. The summed E-state index contributed by atoms with van der Waals surface area (Å²) in [6, 6.07) is 10.8. The molecule has 1 aliphatic carbocycles. The van der Waals surface area contributed by atoms with E-state index in [1.54, 1.807) is 31.2 Å². The third-order valence-electron chi connectivity index (χ3n) is 7.55. The number of halogens is 3. The minimum atomic E-state index is -4.86. The fourth-order valence-electron chi connectivity index (χ4n) is 6.10. The van der Waals surface area contributed by atoms with Crippen LogP contribution < -0.4 is 20.7 Å². The summed E-state index contributed by atoms with van der Waals surface area (Å²) in [5.74, 6) is -2.42. The van der Waals surface area contributed by atoms with Crippen molar-refractivity contribution in [1.29, 1.82) is 5.26 Å². The summed E-state index contributed by atoms with van der Waals surface area (Å²) in [5, 5.41) is 11.7. The van der Waals surface area contributed by atoms with Crippen LogP contribution in [0, 0.1) is 17.2 Å². The van der Waals surface area contributed by atoms with Gasteiger partial charge in [-0.2, -0.15) is 18.4 Å². The number of hydrogen-bond donors (Lipinski definition) is 2. The number of anilines is 2. The Kier molecular flexibility index (Phi) is 5.59. The molecular formula is C26H23F3N4O5. The Morgan fingerprint density at radius 3 is 2.50 bits per heavy atom. The summed E-state index contributed by atoms with van der Waals surface area (Å²) >= 11 is 0. The first kappa shape index (κ1) is 25.7. The highest BCUT2D eigenvalue weighted by molar-refractivity contribution is 6.27. The maximum Gasteiger partial charge on any atom is 0.417 e. The highest BCUT2D eigenvalue weighted by Crippen LogP contribution is 2.67. The second kappa shape index (κ2) is 8.28. The van der Waals surface area contributed by atoms with Gasteiger partial charge in [0.15, 0.2) is 0 Å². The Bertz CT molecular complexity index is 1400. The molecule has 4 aliphatic rings. The minimum absolute atomic E-state index is 0.0811. The van der Waals surface area contributed by atoms with Crippen LogP contribution in [0.15, 0.2) is 42.5 Å². The normalized spacial score (nSPS) is 29.5. The molecular weight excluding hydrogens is 505 g/mol. The van der Waals surface area contributed by atoms with Crippen molar-refractivity contribution in [2.45, 2.75) is 49.6 Å². The third-order valence-corrected chi connectivity index (χ3v) is 7.55. The maximum atomic E-state index is 13.7. The van der Waals surface area contributed by atoms with Crippen LogP contribution in [0.2, 0.25) is 0 Å². The molecule has 3 saturated heterocycles. The molecule has 12 heteroatoms. The van der Waals surface area contributed by atoms with Crippen molar-refractivity contribution in [2.24, 2.45) is 11.7 Å². The molecule has 2 bridgehead atoms. The van der Waals surface area contributed by atoms with Gasteiger partial charge in [0, 0.05) is 25.5 Å². The van der Waals surface area contributed by atoms with Gasteiger partial charge < -0.3 is 20.5 Å². The van der Waals surface area contributed by atoms with E-state index in [1.807, 2.05) is 0 Å². The number of ether oxygens (including phenoxy) is 2. The number of benzene rings is 2. The van der Waals surface area contributed by atoms with E-state index < -0.39 is 51.8 Å². The number of carbonyl (C=O) groups excluding carboxylic acids is 3. The van der Waals surface area contributed by atoms with Gasteiger partial charge in [-0.1, -0.05) is 0 Å². The lowest BCUT2D eigenvalue weighted by Gasteiger charge is -2.49. The fourth-order valence-corrected chi connectivity index (χ4v) is 6.10. The maximum absolute atomic E-state index is 13.7. The smallest absolute Gasteiger partial charge is 0.417 e. The van der Waals surface area contributed by atoms with Crippen LogP contribution in [0.1, 0.15) is 37.8 Å². The summed E-state index contributed by atoms with van der Waals surface area (Å²) in [6.45, 7) is 3.12. The number of nitrogens with two attached hydrogens (primary N) is 1. The minimum Gasteiger partial charge on any atom is -0.493 e. The number of alkyl halides is 3. The zero-order valence-corrected chi connectivity index (χ0v) is 20.4. The molecule has 9 nitrogen and oxygen atoms in total. The largest absolute Gasteiger partial charge is 0.493 e. The predicted octanol–water partition coefficient (Wildman–Crippen LogP) is 3.12. The third kappa shape index (κ3) is 3.57. The summed E-state index contributed by atoms with van der Waals surface area (Å²) in [6.07, 6.45) is -4.41. The summed E-state index contributed by atoms with van der Waals surface area (Å²) < 4.78 is 52.5. The molecule has 0 radical (unpaired) electrons. The number of nitriles is 1. The number of nitrogens with one attached hydrogen (secondary N) is 1. The molecule has 2 aromatic carbocycles. The Labute approximate surface area is 215 Å². The Morgan fingerprint density at radius 2 is 1.92 bits per heavy atom. The molecule has 3 N–H and O–H groups in total. The topological polar surface area (TPSA) is 135 Å². The predicted molar refractivity (Wildman–Crippen MR) is 127 cm³/mol. The van der Waals surface area contributed by atoms with Gasteiger partial charge in [-0.25, -0.2) is 4.90 Å². The molecule has 1 saturated carbocycles. The van der Waals surface area contributed by atoms with Crippen molar-refractivity contribution in [2.75, 3.05) is 16.8 Å². The van der Waals surface area contributed by atoms with Gasteiger partial charge in [0.25, 0.3) is 5.91 Å². The van der Waals surface area contributed by atoms with E-state index in [4.69, 9.17) is 20.5 Å². The van der Waals surface area contributed by atoms with Gasteiger partial charge in [-0.15, -0.1) is 0 Å². The van der Waals surface area contributed by atoms with Gasteiger partial charge in [0.05, 0.1) is 41.0 Å². The first-order valence-corrected chi connectivity index (χ1v) is 11.7. The van der Waals surface area contributed by atoms with E-state index in [9.17, 15) is 27.6 Å². The number of carbonyl (C=O) groups is 3. The van der Waals surface area contributed by atoms with Crippen molar-refractivity contribution >= 4 is 29.1 Å². The van der Waals surface area contributed by atoms with Crippen LogP contribution in [0.25, 0.3) is 0 Å². The summed E-state index contributed by atoms with van der Waals surface area (Å²) in [4.78, 5) is 38.9. The zero-order chi connectivity index (χ0) is 27.7. The van der Waals surface area contributed by atoms with Crippen LogP contribution in [0.4, 0.5) is 24.5 Å². The monoisotopic (exact) mass is 528 g/mol. The fraction of sp³-hybridized carbons (Fsp3) is 0.385. The molecule has 3 aliphatic heterocycles. The first-order valence-electron chi connectivity index (χ1n) is 11.7. The lowest BCUT2D eigenvalue weighted by Crippen LogP contribution is -2.66. The van der Waals surface area contributed by atoms with Crippen molar-refractivity contribution in [1.82, 2.24) is 0 Å². The molecule has 0 spiro atoms. The zero-order valence-electron chi connectivity index (χ0n) is 20.4. The van der Waals surface area contributed by atoms with Gasteiger partial charge in [0.2, 0.25) is 11.8 Å². The highest BCUT2D eigenvalue weighted by atomic mass is 19.4. The van der Waals surface area contributed by atoms with Gasteiger partial charge >= 0.3 is 6.18 Å². The number of imide groups is 1. The summed E-state index contributed by atoms with van der Waals surface area (Å²) in [7, 11) is 0. The van der Waals surface area contributed by atoms with E-state index >= 15 is 0 Å². The lowest BCUT2D eigenvalue weighted by atomic mass is 9.78. The van der Waals surface area contributed by atoms with Crippen molar-refractivity contribution in [3.63, 3.8) is 0 Å². The SMILES string of the molecule is CC(=O)Nc1ccc(OCCC23CC(C)(O2)[C@@H]2C(=O)N(c4ccc(C#N)c(C(F)(F)F)c4)C(=O)[C@@]23N)cc1. The van der Waals surface area contributed by atoms with Gasteiger partial charge in [0.1, 0.15) is 16.9 Å².